The Hall–Kier alpha value is -1.73. The fourth-order valence-corrected chi connectivity index (χ4v) is 0.539. The van der Waals surface area contributed by atoms with E-state index in [2.05, 4.69) is 9.84 Å². The van der Waals surface area contributed by atoms with Gasteiger partial charge in [0.15, 0.2) is 0 Å². The molecule has 1 N–H and O–H groups in total. The first-order valence-corrected chi connectivity index (χ1v) is 2.74. The summed E-state index contributed by atoms with van der Waals surface area (Å²) in [6.45, 7) is -3.03. The van der Waals surface area contributed by atoms with Crippen LogP contribution < -0.4 is 4.74 Å². The molecule has 1 heterocycles. The van der Waals surface area contributed by atoms with Gasteiger partial charge >= 0.3 is 12.4 Å². The van der Waals surface area contributed by atoms with Crippen molar-refractivity contribution in [2.24, 2.45) is 0 Å². The topological polar surface area (TPSA) is 81.1 Å². The van der Waals surface area contributed by atoms with Crippen molar-refractivity contribution in [3.63, 3.8) is 0 Å². The molecule has 12 heavy (non-hydrogen) atoms. The first-order valence-electron chi connectivity index (χ1n) is 2.74. The Morgan fingerprint density at radius 3 is 2.83 bits per heavy atom. The van der Waals surface area contributed by atoms with E-state index in [4.69, 9.17) is 0 Å². The predicted molar refractivity (Wildman–Crippen MR) is 31.9 cm³/mol. The summed E-state index contributed by atoms with van der Waals surface area (Å²) >= 11 is 0. The van der Waals surface area contributed by atoms with Crippen LogP contribution >= 0.6 is 0 Å². The first-order chi connectivity index (χ1) is 5.59. The van der Waals surface area contributed by atoms with Crippen molar-refractivity contribution in [1.82, 2.24) is 10.2 Å². The molecule has 0 radical (unpaired) electrons. The van der Waals surface area contributed by atoms with Gasteiger partial charge in [0.05, 0.1) is 6.07 Å². The predicted octanol–water partition coefficient (Wildman–Crippen LogP) is 0.919. The fraction of sp³-hybridized carbons (Fsp3) is 0.250. The van der Waals surface area contributed by atoms with Crippen LogP contribution in [-0.2, 0) is 0 Å². The third kappa shape index (κ3) is 1.87. The molecule has 1 aromatic heterocycles. The van der Waals surface area contributed by atoms with Crippen LogP contribution in [0.1, 0.15) is 0 Å². The Labute approximate surface area is 64.3 Å². The maximum atomic E-state index is 11.5. The van der Waals surface area contributed by atoms with E-state index in [1.165, 1.54) is 0 Å². The number of H-pyrrole nitrogens is 1. The summed E-state index contributed by atoms with van der Waals surface area (Å²) in [7, 11) is 0. The average molecular weight is 179 g/mol. The van der Waals surface area contributed by atoms with Gasteiger partial charge in [-0.2, -0.15) is 8.78 Å². The summed E-state index contributed by atoms with van der Waals surface area (Å²) in [6.07, 6.45) is 0. The second-order valence-electron chi connectivity index (χ2n) is 1.73. The maximum Gasteiger partial charge on any atom is 0.388 e. The molecule has 0 atom stereocenters. The molecule has 6 nitrogen and oxygen atoms in total. The van der Waals surface area contributed by atoms with Gasteiger partial charge in [-0.15, -0.1) is 5.10 Å². The van der Waals surface area contributed by atoms with E-state index in [0.29, 0.717) is 0 Å². The molecular weight excluding hydrogens is 176 g/mol. The van der Waals surface area contributed by atoms with E-state index in [1.807, 2.05) is 5.10 Å². The molecule has 0 bridgehead atoms. The van der Waals surface area contributed by atoms with Gasteiger partial charge in [0.2, 0.25) is 0 Å². The highest BCUT2D eigenvalue weighted by Crippen LogP contribution is 2.15. The Morgan fingerprint density at radius 1 is 1.75 bits per heavy atom. The smallest absolute Gasteiger partial charge is 0.388 e. The number of nitro groups is 1. The molecule has 0 aliphatic heterocycles. The monoisotopic (exact) mass is 179 g/mol. The lowest BCUT2D eigenvalue weighted by Gasteiger charge is -1.94. The molecule has 1 aromatic rings. The van der Waals surface area contributed by atoms with Crippen LogP contribution in [-0.4, -0.2) is 21.7 Å². The van der Waals surface area contributed by atoms with Crippen molar-refractivity contribution >= 4 is 5.82 Å². The Bertz CT molecular complexity index is 287. The molecule has 0 saturated carbocycles. The molecule has 0 fully saturated rings. The van der Waals surface area contributed by atoms with Crippen LogP contribution in [0.3, 0.4) is 0 Å². The SMILES string of the molecule is O=[N+]([O-])c1cc(OC(F)F)n[nH]1. The van der Waals surface area contributed by atoms with Crippen molar-refractivity contribution < 1.29 is 18.4 Å². The molecule has 0 saturated heterocycles. The summed E-state index contributed by atoms with van der Waals surface area (Å²) in [4.78, 5) is 9.19. The minimum Gasteiger partial charge on any atom is -0.413 e. The van der Waals surface area contributed by atoms with Gasteiger partial charge in [-0.3, -0.25) is 0 Å². The van der Waals surface area contributed by atoms with Gasteiger partial charge in [-0.1, -0.05) is 0 Å². The van der Waals surface area contributed by atoms with Crippen LogP contribution in [0.5, 0.6) is 5.88 Å². The van der Waals surface area contributed by atoms with Gasteiger partial charge in [0.1, 0.15) is 0 Å². The normalized spacial score (nSPS) is 10.2. The number of aromatic nitrogens is 2. The fourth-order valence-electron chi connectivity index (χ4n) is 0.539. The second-order valence-corrected chi connectivity index (χ2v) is 1.73. The van der Waals surface area contributed by atoms with Crippen LogP contribution in [0.25, 0.3) is 0 Å². The van der Waals surface area contributed by atoms with Gasteiger partial charge in [-0.05, 0) is 10.0 Å². The van der Waals surface area contributed by atoms with Crippen molar-refractivity contribution in [1.29, 1.82) is 0 Å². The average Bonchev–Trinajstić information content (AvgIpc) is 2.34. The van der Waals surface area contributed by atoms with E-state index in [9.17, 15) is 18.9 Å². The van der Waals surface area contributed by atoms with E-state index >= 15 is 0 Å². The third-order valence-electron chi connectivity index (χ3n) is 0.947. The summed E-state index contributed by atoms with van der Waals surface area (Å²) < 4.78 is 26.7. The Kier molecular flexibility index (Phi) is 2.17. The minimum absolute atomic E-state index is 0.495. The number of nitrogens with one attached hydrogen (secondary N) is 1. The van der Waals surface area contributed by atoms with Crippen LogP contribution in [0.4, 0.5) is 14.6 Å². The van der Waals surface area contributed by atoms with Crippen LogP contribution in [0.2, 0.25) is 0 Å². The van der Waals surface area contributed by atoms with E-state index in [-0.39, 0.29) is 0 Å². The molecule has 0 aromatic carbocycles. The van der Waals surface area contributed by atoms with Crippen molar-refractivity contribution in [3.05, 3.63) is 16.2 Å². The minimum atomic E-state index is -3.03. The zero-order valence-corrected chi connectivity index (χ0v) is 5.53. The quantitative estimate of drug-likeness (QED) is 0.552. The number of alkyl halides is 2. The van der Waals surface area contributed by atoms with E-state index in [0.717, 1.165) is 6.07 Å². The lowest BCUT2D eigenvalue weighted by atomic mass is 10.6. The zero-order valence-electron chi connectivity index (χ0n) is 5.53. The number of halogens is 2. The molecule has 0 unspecified atom stereocenters. The molecule has 8 heteroatoms. The molecule has 0 aliphatic carbocycles. The van der Waals surface area contributed by atoms with E-state index < -0.39 is 23.2 Å². The lowest BCUT2D eigenvalue weighted by molar-refractivity contribution is -0.389. The largest absolute Gasteiger partial charge is 0.413 e. The van der Waals surface area contributed by atoms with E-state index in [1.54, 1.807) is 0 Å². The number of aromatic amines is 1. The summed E-state index contributed by atoms with van der Waals surface area (Å²) in [6, 6.07) is 0.770. The molecule has 66 valence electrons. The molecular formula is C4H3F2N3O3. The van der Waals surface area contributed by atoms with Crippen LogP contribution in [0, 0.1) is 10.1 Å². The maximum absolute atomic E-state index is 11.5. The third-order valence-corrected chi connectivity index (χ3v) is 0.947. The highest BCUT2D eigenvalue weighted by molar-refractivity contribution is 5.24. The summed E-state index contributed by atoms with van der Waals surface area (Å²) in [5.74, 6) is -0.998. The number of rotatable bonds is 3. The standard InChI is InChI=1S/C4H3F2N3O3/c5-4(6)12-3-1-2(7-8-3)9(10)11/h1,4H,(H,7,8). The first kappa shape index (κ1) is 8.37. The van der Waals surface area contributed by atoms with Gasteiger partial charge in [0, 0.05) is 0 Å². The highest BCUT2D eigenvalue weighted by atomic mass is 19.3. The van der Waals surface area contributed by atoms with Gasteiger partial charge in [0.25, 0.3) is 5.88 Å². The van der Waals surface area contributed by atoms with Crippen LogP contribution in [0.15, 0.2) is 6.07 Å². The highest BCUT2D eigenvalue weighted by Gasteiger charge is 2.13. The number of ether oxygens (including phenoxy) is 1. The van der Waals surface area contributed by atoms with Gasteiger partial charge in [-0.25, -0.2) is 0 Å². The molecule has 0 aliphatic rings. The van der Waals surface area contributed by atoms with Gasteiger partial charge < -0.3 is 14.9 Å². The molecule has 1 rings (SSSR count). The number of hydrogen-bond donors (Lipinski definition) is 1. The number of nitrogens with zero attached hydrogens (tertiary/aromatic N) is 2. The molecule has 0 spiro atoms. The second kappa shape index (κ2) is 3.11. The Balaban J connectivity index is 2.71. The number of hydrogen-bond acceptors (Lipinski definition) is 4. The summed E-state index contributed by atoms with van der Waals surface area (Å²) in [5.41, 5.74) is 0. The zero-order chi connectivity index (χ0) is 9.14. The van der Waals surface area contributed by atoms with Crippen molar-refractivity contribution in [2.75, 3.05) is 0 Å². The van der Waals surface area contributed by atoms with Crippen molar-refractivity contribution in [3.8, 4) is 5.88 Å². The Morgan fingerprint density at radius 2 is 2.42 bits per heavy atom. The lowest BCUT2D eigenvalue weighted by Crippen LogP contribution is -2.01. The summed E-state index contributed by atoms with van der Waals surface area (Å²) in [5, 5.41) is 15.0. The van der Waals surface area contributed by atoms with Crippen molar-refractivity contribution in [2.45, 2.75) is 6.61 Å². The molecule has 0 amide bonds.